The molecule has 2 fully saturated rings. The highest BCUT2D eigenvalue weighted by Gasteiger charge is 2.27. The van der Waals surface area contributed by atoms with E-state index in [-0.39, 0.29) is 0 Å². The lowest BCUT2D eigenvalue weighted by atomic mass is 9.95. The van der Waals surface area contributed by atoms with Crippen molar-refractivity contribution in [1.29, 1.82) is 0 Å². The molecule has 0 bridgehead atoms. The van der Waals surface area contributed by atoms with Crippen molar-refractivity contribution in [2.75, 3.05) is 47.5 Å². The van der Waals surface area contributed by atoms with Crippen molar-refractivity contribution in [3.8, 4) is 17.2 Å². The average molecular weight is 363 g/mol. The Morgan fingerprint density at radius 1 is 0.808 bits per heavy atom. The number of hydrogen-bond acceptors (Lipinski definition) is 5. The van der Waals surface area contributed by atoms with Crippen LogP contribution >= 0.6 is 0 Å². The number of methoxy groups -OCH3 is 3. The van der Waals surface area contributed by atoms with Crippen molar-refractivity contribution in [2.45, 2.75) is 45.2 Å². The molecule has 0 N–H and O–H groups in total. The van der Waals surface area contributed by atoms with Crippen LogP contribution < -0.4 is 14.2 Å². The molecule has 2 saturated heterocycles. The van der Waals surface area contributed by atoms with Crippen molar-refractivity contribution in [3.63, 3.8) is 0 Å². The zero-order valence-electron chi connectivity index (χ0n) is 16.8. The minimum absolute atomic E-state index is 0.714. The number of hydrogen-bond donors (Lipinski definition) is 0. The number of rotatable bonds is 6. The summed E-state index contributed by atoms with van der Waals surface area (Å²) in [4.78, 5) is 5.27. The number of piperidine rings is 2. The second kappa shape index (κ2) is 8.96. The molecule has 2 heterocycles. The van der Waals surface area contributed by atoms with Gasteiger partial charge in [0.15, 0.2) is 11.5 Å². The van der Waals surface area contributed by atoms with E-state index in [0.29, 0.717) is 5.75 Å². The highest BCUT2D eigenvalue weighted by Crippen LogP contribution is 2.35. The van der Waals surface area contributed by atoms with Gasteiger partial charge in [-0.15, -0.1) is 0 Å². The Bertz CT molecular complexity index is 577. The van der Waals surface area contributed by atoms with E-state index in [1.165, 1.54) is 38.8 Å². The second-order valence-corrected chi connectivity index (χ2v) is 7.74. The van der Waals surface area contributed by atoms with E-state index in [1.807, 2.05) is 6.07 Å². The van der Waals surface area contributed by atoms with Crippen LogP contribution in [0.15, 0.2) is 12.1 Å². The van der Waals surface area contributed by atoms with Crippen LogP contribution in [0.5, 0.6) is 17.2 Å². The number of ether oxygens (including phenoxy) is 3. The predicted molar refractivity (Wildman–Crippen MR) is 104 cm³/mol. The minimum Gasteiger partial charge on any atom is -0.496 e. The smallest absolute Gasteiger partial charge is 0.164 e. The molecule has 0 saturated carbocycles. The molecule has 146 valence electrons. The molecule has 0 radical (unpaired) electrons. The van der Waals surface area contributed by atoms with E-state index in [9.17, 15) is 0 Å². The Labute approximate surface area is 158 Å². The van der Waals surface area contributed by atoms with Gasteiger partial charge in [-0.2, -0.15) is 0 Å². The standard InChI is InChI=1S/C21H34N2O3/c1-16-5-11-23(12-6-16)18-7-9-22(10-8-18)15-17-13-20(25-3)21(26-4)14-19(17)24-2/h13-14,16,18H,5-12,15H2,1-4H3. The molecule has 0 atom stereocenters. The van der Waals surface area contributed by atoms with E-state index in [4.69, 9.17) is 14.2 Å². The van der Waals surface area contributed by atoms with Crippen LogP contribution in [-0.2, 0) is 6.54 Å². The molecule has 5 nitrogen and oxygen atoms in total. The summed E-state index contributed by atoms with van der Waals surface area (Å²) in [7, 11) is 5.05. The summed E-state index contributed by atoms with van der Waals surface area (Å²) in [6, 6.07) is 4.75. The monoisotopic (exact) mass is 362 g/mol. The summed E-state index contributed by atoms with van der Waals surface area (Å²) in [5.41, 5.74) is 1.16. The fourth-order valence-electron chi connectivity index (χ4n) is 4.29. The Morgan fingerprint density at radius 3 is 1.96 bits per heavy atom. The van der Waals surface area contributed by atoms with Gasteiger partial charge in [-0.25, -0.2) is 0 Å². The first-order valence-corrected chi connectivity index (χ1v) is 9.90. The molecule has 26 heavy (non-hydrogen) atoms. The lowest BCUT2D eigenvalue weighted by Crippen LogP contribution is -2.47. The molecule has 1 aromatic rings. The van der Waals surface area contributed by atoms with Gasteiger partial charge in [0.25, 0.3) is 0 Å². The maximum absolute atomic E-state index is 5.58. The fourth-order valence-corrected chi connectivity index (χ4v) is 4.29. The van der Waals surface area contributed by atoms with Crippen LogP contribution in [0.25, 0.3) is 0 Å². The first-order valence-electron chi connectivity index (χ1n) is 9.90. The van der Waals surface area contributed by atoms with Crippen LogP contribution in [0, 0.1) is 5.92 Å². The Morgan fingerprint density at radius 2 is 1.38 bits per heavy atom. The molecule has 2 aliphatic rings. The third-order valence-electron chi connectivity index (χ3n) is 6.07. The molecule has 5 heteroatoms. The van der Waals surface area contributed by atoms with Gasteiger partial charge >= 0.3 is 0 Å². The zero-order chi connectivity index (χ0) is 18.5. The number of likely N-dealkylation sites (tertiary alicyclic amines) is 2. The highest BCUT2D eigenvalue weighted by molar-refractivity contribution is 5.50. The lowest BCUT2D eigenvalue weighted by molar-refractivity contribution is 0.0776. The van der Waals surface area contributed by atoms with Crippen molar-refractivity contribution in [1.82, 2.24) is 9.80 Å². The van der Waals surface area contributed by atoms with Crippen molar-refractivity contribution in [3.05, 3.63) is 17.7 Å². The Balaban J connectivity index is 1.59. The van der Waals surface area contributed by atoms with E-state index in [1.54, 1.807) is 21.3 Å². The number of nitrogens with zero attached hydrogens (tertiary/aromatic N) is 2. The fraction of sp³-hybridized carbons (Fsp3) is 0.714. The summed E-state index contributed by atoms with van der Waals surface area (Å²) in [5, 5.41) is 0. The molecular formula is C21H34N2O3. The molecule has 0 unspecified atom stereocenters. The summed E-state index contributed by atoms with van der Waals surface area (Å²) in [6.45, 7) is 8.15. The minimum atomic E-state index is 0.714. The van der Waals surface area contributed by atoms with Gasteiger partial charge in [0.2, 0.25) is 0 Å². The molecule has 1 aromatic carbocycles. The predicted octanol–water partition coefficient (Wildman–Crippen LogP) is 3.41. The summed E-state index contributed by atoms with van der Waals surface area (Å²) in [5.74, 6) is 3.26. The summed E-state index contributed by atoms with van der Waals surface area (Å²) < 4.78 is 16.4. The van der Waals surface area contributed by atoms with Crippen molar-refractivity contribution in [2.24, 2.45) is 5.92 Å². The summed E-state index contributed by atoms with van der Waals surface area (Å²) >= 11 is 0. The van der Waals surface area contributed by atoms with Crippen LogP contribution in [0.3, 0.4) is 0 Å². The van der Waals surface area contributed by atoms with Gasteiger partial charge in [-0.3, -0.25) is 4.90 Å². The average Bonchev–Trinajstić information content (AvgIpc) is 2.69. The first kappa shape index (κ1) is 19.3. The van der Waals surface area contributed by atoms with E-state index in [0.717, 1.165) is 48.7 Å². The van der Waals surface area contributed by atoms with Crippen LogP contribution in [0.2, 0.25) is 0 Å². The Kier molecular flexibility index (Phi) is 6.65. The Hall–Kier alpha value is -1.46. The van der Waals surface area contributed by atoms with Gasteiger partial charge in [0, 0.05) is 24.2 Å². The topological polar surface area (TPSA) is 34.2 Å². The van der Waals surface area contributed by atoms with Crippen molar-refractivity contribution < 1.29 is 14.2 Å². The number of benzene rings is 1. The second-order valence-electron chi connectivity index (χ2n) is 7.74. The molecule has 0 aliphatic carbocycles. The van der Waals surface area contributed by atoms with Crippen LogP contribution in [0.1, 0.15) is 38.2 Å². The van der Waals surface area contributed by atoms with Gasteiger partial charge in [-0.05, 0) is 63.8 Å². The molecule has 3 rings (SSSR count). The molecule has 2 aliphatic heterocycles. The zero-order valence-corrected chi connectivity index (χ0v) is 16.8. The van der Waals surface area contributed by atoms with Gasteiger partial charge in [-0.1, -0.05) is 6.92 Å². The van der Waals surface area contributed by atoms with Gasteiger partial charge in [0.05, 0.1) is 21.3 Å². The van der Waals surface area contributed by atoms with E-state index in [2.05, 4.69) is 22.8 Å². The third kappa shape index (κ3) is 4.44. The van der Waals surface area contributed by atoms with Crippen LogP contribution in [-0.4, -0.2) is 63.4 Å². The van der Waals surface area contributed by atoms with Gasteiger partial charge in [0.1, 0.15) is 5.75 Å². The molecule has 0 aromatic heterocycles. The van der Waals surface area contributed by atoms with E-state index >= 15 is 0 Å². The SMILES string of the molecule is COc1cc(OC)c(OC)cc1CN1CCC(N2CCC(C)CC2)CC1. The lowest BCUT2D eigenvalue weighted by Gasteiger charge is -2.41. The normalized spacial score (nSPS) is 20.9. The first-order chi connectivity index (χ1) is 12.6. The van der Waals surface area contributed by atoms with Gasteiger partial charge < -0.3 is 19.1 Å². The summed E-state index contributed by atoms with van der Waals surface area (Å²) in [6.07, 6.45) is 5.26. The van der Waals surface area contributed by atoms with Crippen LogP contribution in [0.4, 0.5) is 0 Å². The maximum atomic E-state index is 5.58. The largest absolute Gasteiger partial charge is 0.496 e. The maximum Gasteiger partial charge on any atom is 0.164 e. The van der Waals surface area contributed by atoms with E-state index < -0.39 is 0 Å². The quantitative estimate of drug-likeness (QED) is 0.775. The molecule has 0 spiro atoms. The van der Waals surface area contributed by atoms with Crippen molar-refractivity contribution >= 4 is 0 Å². The molecule has 0 amide bonds. The highest BCUT2D eigenvalue weighted by atomic mass is 16.5. The third-order valence-corrected chi connectivity index (χ3v) is 6.07. The molecular weight excluding hydrogens is 328 g/mol.